The molecule has 3 heterocycles. The molecule has 0 aliphatic rings. The van der Waals surface area contributed by atoms with E-state index < -0.39 is 0 Å². The number of aromatic amines is 1. The number of nitrogen functional groups attached to an aromatic ring is 1. The Hall–Kier alpha value is -4.67. The fourth-order valence-corrected chi connectivity index (χ4v) is 3.57. The number of nitrogens with one attached hydrogen (secondary N) is 1. The number of ether oxygens (including phenoxy) is 3. The molecule has 0 fully saturated rings. The zero-order valence-electron chi connectivity index (χ0n) is 18.6. The van der Waals surface area contributed by atoms with Crippen LogP contribution in [0.4, 0.5) is 5.95 Å². The minimum absolute atomic E-state index is 0.138. The van der Waals surface area contributed by atoms with Gasteiger partial charge >= 0.3 is 0 Å². The van der Waals surface area contributed by atoms with Crippen LogP contribution in [-0.4, -0.2) is 48.9 Å². The van der Waals surface area contributed by atoms with Crippen LogP contribution in [-0.2, 0) is 13.0 Å². The number of anilines is 1. The van der Waals surface area contributed by atoms with E-state index in [1.54, 1.807) is 25.0 Å². The molecular formula is C23H22N8O3. The maximum Gasteiger partial charge on any atom is 0.240 e. The lowest BCUT2D eigenvalue weighted by atomic mass is 10.1. The van der Waals surface area contributed by atoms with Crippen LogP contribution in [0.3, 0.4) is 0 Å². The fraction of sp³-hybridized carbons (Fsp3) is 0.174. The minimum atomic E-state index is 0.138. The third-order valence-corrected chi connectivity index (χ3v) is 5.14. The van der Waals surface area contributed by atoms with Gasteiger partial charge in [0.2, 0.25) is 11.8 Å². The number of H-pyrrole nitrogens is 1. The van der Waals surface area contributed by atoms with E-state index >= 15 is 0 Å². The van der Waals surface area contributed by atoms with Crippen molar-refractivity contribution in [2.24, 2.45) is 0 Å². The summed E-state index contributed by atoms with van der Waals surface area (Å²) < 4.78 is 18.1. The number of hydrogen-bond acceptors (Lipinski definition) is 9. The summed E-state index contributed by atoms with van der Waals surface area (Å²) >= 11 is 0. The molecule has 0 bridgehead atoms. The van der Waals surface area contributed by atoms with Crippen molar-refractivity contribution in [3.05, 3.63) is 72.1 Å². The average Bonchev–Trinajstić information content (AvgIpc) is 3.45. The van der Waals surface area contributed by atoms with Gasteiger partial charge in [-0.05, 0) is 29.8 Å². The van der Waals surface area contributed by atoms with Crippen LogP contribution >= 0.6 is 0 Å². The first kappa shape index (κ1) is 21.2. The Balaban J connectivity index is 1.37. The molecule has 0 saturated heterocycles. The van der Waals surface area contributed by atoms with Crippen molar-refractivity contribution in [3.8, 4) is 23.2 Å². The molecule has 0 saturated carbocycles. The highest BCUT2D eigenvalue weighted by Crippen LogP contribution is 2.28. The SMILES string of the molecule is COc1ccc(Cc2nc(N)nn2-c2cc(OCc3nc4ccccc4[nH]3)ncn2)cc1OC. The normalized spacial score (nSPS) is 11.0. The van der Waals surface area contributed by atoms with Crippen LogP contribution in [0.25, 0.3) is 16.9 Å². The number of para-hydroxylation sites is 2. The van der Waals surface area contributed by atoms with Gasteiger partial charge in [-0.2, -0.15) is 9.67 Å². The van der Waals surface area contributed by atoms with Crippen molar-refractivity contribution >= 4 is 17.0 Å². The predicted molar refractivity (Wildman–Crippen MR) is 124 cm³/mol. The van der Waals surface area contributed by atoms with Gasteiger partial charge in [-0.25, -0.2) is 15.0 Å². The molecule has 0 amide bonds. The monoisotopic (exact) mass is 458 g/mol. The average molecular weight is 458 g/mol. The lowest BCUT2D eigenvalue weighted by Crippen LogP contribution is -2.08. The molecule has 0 spiro atoms. The topological polar surface area (TPSA) is 139 Å². The van der Waals surface area contributed by atoms with Gasteiger partial charge in [0, 0.05) is 12.5 Å². The molecular weight excluding hydrogens is 436 g/mol. The van der Waals surface area contributed by atoms with Gasteiger partial charge in [0.05, 0.1) is 25.3 Å². The molecule has 3 N–H and O–H groups in total. The molecule has 3 aromatic heterocycles. The van der Waals surface area contributed by atoms with Crippen molar-refractivity contribution in [3.63, 3.8) is 0 Å². The van der Waals surface area contributed by atoms with Gasteiger partial charge in [-0.15, -0.1) is 5.10 Å². The molecule has 5 rings (SSSR count). The molecule has 5 aromatic rings. The Morgan fingerprint density at radius 3 is 2.65 bits per heavy atom. The van der Waals surface area contributed by atoms with E-state index in [4.69, 9.17) is 19.9 Å². The quantitative estimate of drug-likeness (QED) is 0.359. The Labute approximate surface area is 194 Å². The highest BCUT2D eigenvalue weighted by molar-refractivity contribution is 5.74. The lowest BCUT2D eigenvalue weighted by Gasteiger charge is -2.10. The Bertz CT molecular complexity index is 1410. The van der Waals surface area contributed by atoms with Gasteiger partial charge in [0.1, 0.15) is 24.6 Å². The number of hydrogen-bond donors (Lipinski definition) is 2. The number of methoxy groups -OCH3 is 2. The van der Waals surface area contributed by atoms with Crippen molar-refractivity contribution in [1.29, 1.82) is 0 Å². The second-order valence-electron chi connectivity index (χ2n) is 7.37. The summed E-state index contributed by atoms with van der Waals surface area (Å²) in [5, 5.41) is 4.30. The third-order valence-electron chi connectivity index (χ3n) is 5.14. The van der Waals surface area contributed by atoms with E-state index in [-0.39, 0.29) is 12.6 Å². The third kappa shape index (κ3) is 4.31. The summed E-state index contributed by atoms with van der Waals surface area (Å²) in [7, 11) is 3.19. The first-order valence-corrected chi connectivity index (χ1v) is 10.4. The van der Waals surface area contributed by atoms with Crippen LogP contribution < -0.4 is 19.9 Å². The number of rotatable bonds is 8. The van der Waals surface area contributed by atoms with Crippen LogP contribution in [0.2, 0.25) is 0 Å². The zero-order chi connectivity index (χ0) is 23.5. The zero-order valence-corrected chi connectivity index (χ0v) is 18.6. The number of nitrogens with zero attached hydrogens (tertiary/aromatic N) is 6. The number of imidazole rings is 1. The van der Waals surface area contributed by atoms with E-state index in [2.05, 4.69) is 30.0 Å². The van der Waals surface area contributed by atoms with E-state index in [0.717, 1.165) is 16.6 Å². The molecule has 0 atom stereocenters. The maximum absolute atomic E-state index is 5.91. The summed E-state index contributed by atoms with van der Waals surface area (Å²) in [5.74, 6) is 3.56. The van der Waals surface area contributed by atoms with E-state index in [1.807, 2.05) is 42.5 Å². The highest BCUT2D eigenvalue weighted by Gasteiger charge is 2.15. The largest absolute Gasteiger partial charge is 0.493 e. The lowest BCUT2D eigenvalue weighted by molar-refractivity contribution is 0.285. The summed E-state index contributed by atoms with van der Waals surface area (Å²) in [6.07, 6.45) is 1.85. The van der Waals surface area contributed by atoms with Crippen LogP contribution in [0, 0.1) is 0 Å². The first-order chi connectivity index (χ1) is 16.6. The molecule has 2 aromatic carbocycles. The molecule has 0 unspecified atom stereocenters. The van der Waals surface area contributed by atoms with Crippen LogP contribution in [0.5, 0.6) is 17.4 Å². The van der Waals surface area contributed by atoms with Gasteiger partial charge in [-0.3, -0.25) is 0 Å². The summed E-state index contributed by atoms with van der Waals surface area (Å²) in [6.45, 7) is 0.225. The van der Waals surface area contributed by atoms with E-state index in [0.29, 0.717) is 41.3 Å². The summed E-state index contributed by atoms with van der Waals surface area (Å²) in [6, 6.07) is 15.1. The molecule has 11 nitrogen and oxygen atoms in total. The molecule has 0 radical (unpaired) electrons. The predicted octanol–water partition coefficient (Wildman–Crippen LogP) is 2.70. The number of nitrogens with two attached hydrogens (primary N) is 1. The molecule has 172 valence electrons. The van der Waals surface area contributed by atoms with Crippen LogP contribution in [0.15, 0.2) is 54.9 Å². The second kappa shape index (κ2) is 9.06. The Morgan fingerprint density at radius 2 is 1.82 bits per heavy atom. The standard InChI is InChI=1S/C23H22N8O3/c1-32-17-8-7-14(9-18(17)33-2)10-21-29-23(24)30-31(21)20-11-22(26-13-25-20)34-12-19-27-15-5-3-4-6-16(15)28-19/h3-9,11,13H,10,12H2,1-2H3,(H2,24,30)(H,27,28). The highest BCUT2D eigenvalue weighted by atomic mass is 16.5. The van der Waals surface area contributed by atoms with Crippen molar-refractivity contribution in [2.75, 3.05) is 20.0 Å². The maximum atomic E-state index is 5.91. The first-order valence-electron chi connectivity index (χ1n) is 10.4. The molecule has 0 aliphatic carbocycles. The van der Waals surface area contributed by atoms with Gasteiger partial charge < -0.3 is 24.9 Å². The minimum Gasteiger partial charge on any atom is -0.493 e. The second-order valence-corrected chi connectivity index (χ2v) is 7.37. The summed E-state index contributed by atoms with van der Waals surface area (Å²) in [4.78, 5) is 20.6. The van der Waals surface area contributed by atoms with E-state index in [9.17, 15) is 0 Å². The van der Waals surface area contributed by atoms with Crippen molar-refractivity contribution in [1.82, 2.24) is 34.7 Å². The van der Waals surface area contributed by atoms with E-state index in [1.165, 1.54) is 6.33 Å². The van der Waals surface area contributed by atoms with Crippen LogP contribution in [0.1, 0.15) is 17.2 Å². The molecule has 34 heavy (non-hydrogen) atoms. The van der Waals surface area contributed by atoms with Gasteiger partial charge in [0.15, 0.2) is 17.3 Å². The van der Waals surface area contributed by atoms with Gasteiger partial charge in [-0.1, -0.05) is 18.2 Å². The van der Waals surface area contributed by atoms with Crippen molar-refractivity contribution in [2.45, 2.75) is 13.0 Å². The molecule has 11 heteroatoms. The Morgan fingerprint density at radius 1 is 0.971 bits per heavy atom. The van der Waals surface area contributed by atoms with Gasteiger partial charge in [0.25, 0.3) is 0 Å². The number of benzene rings is 2. The smallest absolute Gasteiger partial charge is 0.240 e. The number of aromatic nitrogens is 7. The van der Waals surface area contributed by atoms with Crippen molar-refractivity contribution < 1.29 is 14.2 Å². The fourth-order valence-electron chi connectivity index (χ4n) is 3.57. The Kier molecular flexibility index (Phi) is 5.65. The summed E-state index contributed by atoms with van der Waals surface area (Å²) in [5.41, 5.74) is 8.68. The number of fused-ring (bicyclic) bond motifs is 1. The molecule has 0 aliphatic heterocycles.